The largest absolute Gasteiger partial charge is 0.450 e. The molecule has 3 rings (SSSR count). The number of aromatic nitrogens is 1. The zero-order valence-corrected chi connectivity index (χ0v) is 16.3. The number of para-hydroxylation sites is 1. The van der Waals surface area contributed by atoms with Gasteiger partial charge in [-0.3, -0.25) is 4.79 Å². The Labute approximate surface area is 165 Å². The fourth-order valence-corrected chi connectivity index (χ4v) is 3.15. The van der Waals surface area contributed by atoms with E-state index in [9.17, 15) is 9.59 Å². The summed E-state index contributed by atoms with van der Waals surface area (Å²) < 4.78 is 5.01. The highest BCUT2D eigenvalue weighted by molar-refractivity contribution is 5.92. The van der Waals surface area contributed by atoms with E-state index in [0.717, 1.165) is 16.9 Å². The first kappa shape index (κ1) is 19.7. The Morgan fingerprint density at radius 1 is 1.18 bits per heavy atom. The van der Waals surface area contributed by atoms with Crippen molar-refractivity contribution in [1.29, 1.82) is 0 Å². The van der Waals surface area contributed by atoms with Crippen molar-refractivity contribution in [3.63, 3.8) is 0 Å². The third kappa shape index (κ3) is 5.00. The monoisotopic (exact) mass is 382 g/mol. The maximum Gasteiger partial charge on any atom is 0.409 e. The molecular weight excluding hydrogens is 356 g/mol. The number of rotatable bonds is 5. The number of nitrogens with one attached hydrogen (secondary N) is 2. The number of pyridine rings is 1. The molecule has 7 heteroatoms. The summed E-state index contributed by atoms with van der Waals surface area (Å²) in [6.07, 6.45) is 2.78. The minimum Gasteiger partial charge on any atom is -0.450 e. The summed E-state index contributed by atoms with van der Waals surface area (Å²) in [5, 5.41) is 6.31. The maximum absolute atomic E-state index is 12.5. The van der Waals surface area contributed by atoms with Gasteiger partial charge in [0.15, 0.2) is 0 Å². The fraction of sp³-hybridized carbons (Fsp3) is 0.381. The van der Waals surface area contributed by atoms with Crippen molar-refractivity contribution in [2.75, 3.05) is 25.0 Å². The molecule has 148 valence electrons. The van der Waals surface area contributed by atoms with Crippen LogP contribution in [0, 0.1) is 6.92 Å². The predicted molar refractivity (Wildman–Crippen MR) is 108 cm³/mol. The summed E-state index contributed by atoms with van der Waals surface area (Å²) in [6, 6.07) is 11.6. The topological polar surface area (TPSA) is 83.6 Å². The number of likely N-dealkylation sites (tertiary alicyclic amines) is 1. The lowest BCUT2D eigenvalue weighted by molar-refractivity contribution is 0.0856. The third-order valence-electron chi connectivity index (χ3n) is 4.78. The van der Waals surface area contributed by atoms with Gasteiger partial charge in [0.25, 0.3) is 5.91 Å². The molecule has 0 radical (unpaired) electrons. The van der Waals surface area contributed by atoms with E-state index < -0.39 is 0 Å². The van der Waals surface area contributed by atoms with Gasteiger partial charge < -0.3 is 20.3 Å². The molecule has 0 spiro atoms. The Kier molecular flexibility index (Phi) is 6.47. The first-order valence-corrected chi connectivity index (χ1v) is 9.58. The summed E-state index contributed by atoms with van der Waals surface area (Å²) >= 11 is 0. The van der Waals surface area contributed by atoms with E-state index in [1.54, 1.807) is 24.1 Å². The summed E-state index contributed by atoms with van der Waals surface area (Å²) in [5.74, 6) is -0.197. The number of anilines is 2. The van der Waals surface area contributed by atoms with Crippen molar-refractivity contribution in [3.8, 4) is 0 Å². The molecule has 2 amide bonds. The van der Waals surface area contributed by atoms with E-state index in [4.69, 9.17) is 4.74 Å². The molecule has 1 saturated heterocycles. The number of ether oxygens (including phenoxy) is 1. The van der Waals surface area contributed by atoms with E-state index in [0.29, 0.717) is 38.2 Å². The van der Waals surface area contributed by atoms with Crippen molar-refractivity contribution in [3.05, 3.63) is 53.9 Å². The second kappa shape index (κ2) is 9.21. The highest BCUT2D eigenvalue weighted by Gasteiger charge is 2.25. The number of nitrogens with zero attached hydrogens (tertiary/aromatic N) is 2. The average Bonchev–Trinajstić information content (AvgIpc) is 2.71. The summed E-state index contributed by atoms with van der Waals surface area (Å²) in [7, 11) is 0. The summed E-state index contributed by atoms with van der Waals surface area (Å²) in [4.78, 5) is 30.1. The van der Waals surface area contributed by atoms with E-state index in [1.165, 1.54) is 0 Å². The predicted octanol–water partition coefficient (Wildman–Crippen LogP) is 3.48. The van der Waals surface area contributed by atoms with Crippen molar-refractivity contribution < 1.29 is 14.3 Å². The Bertz CT molecular complexity index is 815. The number of piperidine rings is 1. The molecule has 7 nitrogen and oxygen atoms in total. The number of carbonyl (C=O) groups excluding carboxylic acids is 2. The molecule has 1 aliphatic rings. The van der Waals surface area contributed by atoms with Gasteiger partial charge in [0.2, 0.25) is 0 Å². The highest BCUT2D eigenvalue weighted by atomic mass is 16.6. The SMILES string of the molecule is CCOC(=O)N1CCC(NC(=O)c2ccc(Nc3ccccc3C)cn2)CC1. The van der Waals surface area contributed by atoms with Gasteiger partial charge in [-0.15, -0.1) is 0 Å². The van der Waals surface area contributed by atoms with Gasteiger partial charge in [0, 0.05) is 24.8 Å². The molecule has 0 atom stereocenters. The van der Waals surface area contributed by atoms with E-state index in [1.807, 2.05) is 37.3 Å². The van der Waals surface area contributed by atoms with Gasteiger partial charge in [-0.05, 0) is 50.5 Å². The van der Waals surface area contributed by atoms with Crippen molar-refractivity contribution >= 4 is 23.4 Å². The van der Waals surface area contributed by atoms with Crippen LogP contribution in [0.2, 0.25) is 0 Å². The van der Waals surface area contributed by atoms with Crippen LogP contribution in [0.25, 0.3) is 0 Å². The second-order valence-electron chi connectivity index (χ2n) is 6.81. The van der Waals surface area contributed by atoms with Crippen molar-refractivity contribution in [1.82, 2.24) is 15.2 Å². The minimum atomic E-state index is -0.286. The summed E-state index contributed by atoms with van der Waals surface area (Å²) in [5.41, 5.74) is 3.35. The number of carbonyl (C=O) groups is 2. The van der Waals surface area contributed by atoms with Crippen LogP contribution in [-0.2, 0) is 4.74 Å². The Morgan fingerprint density at radius 2 is 1.93 bits per heavy atom. The van der Waals surface area contributed by atoms with E-state index in [-0.39, 0.29) is 18.0 Å². The van der Waals surface area contributed by atoms with Crippen molar-refractivity contribution in [2.24, 2.45) is 0 Å². The van der Waals surface area contributed by atoms with Crippen LogP contribution in [0.3, 0.4) is 0 Å². The van der Waals surface area contributed by atoms with Crippen molar-refractivity contribution in [2.45, 2.75) is 32.7 Å². The van der Waals surface area contributed by atoms with Crippen LogP contribution < -0.4 is 10.6 Å². The van der Waals surface area contributed by atoms with Crippen LogP contribution in [0.15, 0.2) is 42.6 Å². The molecule has 0 bridgehead atoms. The first-order valence-electron chi connectivity index (χ1n) is 9.58. The van der Waals surface area contributed by atoms with Crippen LogP contribution in [0.1, 0.15) is 35.8 Å². The quantitative estimate of drug-likeness (QED) is 0.827. The van der Waals surface area contributed by atoms with Crippen LogP contribution in [0.4, 0.5) is 16.2 Å². The molecule has 28 heavy (non-hydrogen) atoms. The molecule has 0 unspecified atom stereocenters. The number of hydrogen-bond donors (Lipinski definition) is 2. The minimum absolute atomic E-state index is 0.0322. The normalized spacial score (nSPS) is 14.4. The number of hydrogen-bond acceptors (Lipinski definition) is 5. The zero-order valence-electron chi connectivity index (χ0n) is 16.3. The molecule has 1 aromatic carbocycles. The van der Waals surface area contributed by atoms with Gasteiger partial charge >= 0.3 is 6.09 Å². The molecule has 0 aliphatic carbocycles. The Morgan fingerprint density at radius 3 is 2.57 bits per heavy atom. The zero-order chi connectivity index (χ0) is 19.9. The van der Waals surface area contributed by atoms with E-state index >= 15 is 0 Å². The fourth-order valence-electron chi connectivity index (χ4n) is 3.15. The number of amides is 2. The second-order valence-corrected chi connectivity index (χ2v) is 6.81. The standard InChI is InChI=1S/C21H26N4O3/c1-3-28-21(27)25-12-10-16(11-13-25)24-20(26)19-9-8-17(14-22-19)23-18-7-5-4-6-15(18)2/h4-9,14,16,23H,3,10-13H2,1-2H3,(H,24,26). The Balaban J connectivity index is 1.51. The van der Waals surface area contributed by atoms with Crippen LogP contribution in [-0.4, -0.2) is 47.6 Å². The molecule has 1 aromatic heterocycles. The van der Waals surface area contributed by atoms with Crippen LogP contribution in [0.5, 0.6) is 0 Å². The molecule has 2 N–H and O–H groups in total. The summed E-state index contributed by atoms with van der Waals surface area (Å²) in [6.45, 7) is 5.35. The van der Waals surface area contributed by atoms with Gasteiger partial charge in [-0.25, -0.2) is 9.78 Å². The van der Waals surface area contributed by atoms with E-state index in [2.05, 4.69) is 15.6 Å². The smallest absolute Gasteiger partial charge is 0.409 e. The molecule has 1 aliphatic heterocycles. The van der Waals surface area contributed by atoms with Gasteiger partial charge in [-0.2, -0.15) is 0 Å². The molecule has 2 heterocycles. The molecule has 0 saturated carbocycles. The number of benzene rings is 1. The highest BCUT2D eigenvalue weighted by Crippen LogP contribution is 2.19. The number of aryl methyl sites for hydroxylation is 1. The molecular formula is C21H26N4O3. The lowest BCUT2D eigenvalue weighted by Gasteiger charge is -2.31. The van der Waals surface area contributed by atoms with Crippen LogP contribution >= 0.6 is 0 Å². The first-order chi connectivity index (χ1) is 13.6. The average molecular weight is 382 g/mol. The van der Waals surface area contributed by atoms with Gasteiger partial charge in [-0.1, -0.05) is 18.2 Å². The molecule has 1 fully saturated rings. The lowest BCUT2D eigenvalue weighted by atomic mass is 10.1. The lowest BCUT2D eigenvalue weighted by Crippen LogP contribution is -2.46. The van der Waals surface area contributed by atoms with Gasteiger partial charge in [0.1, 0.15) is 5.69 Å². The maximum atomic E-state index is 12.5. The van der Waals surface area contributed by atoms with Gasteiger partial charge in [0.05, 0.1) is 18.5 Å². The molecule has 2 aromatic rings. The Hall–Kier alpha value is -3.09. The third-order valence-corrected chi connectivity index (χ3v) is 4.78.